The van der Waals surface area contributed by atoms with Gasteiger partial charge in [0.2, 0.25) is 5.91 Å². The number of benzene rings is 2. The van der Waals surface area contributed by atoms with Gasteiger partial charge in [-0.05, 0) is 32.0 Å². The first-order valence-corrected chi connectivity index (χ1v) is 8.68. The summed E-state index contributed by atoms with van der Waals surface area (Å²) >= 11 is 5.80. The first kappa shape index (κ1) is 17.9. The quantitative estimate of drug-likeness (QED) is 0.639. The van der Waals surface area contributed by atoms with Gasteiger partial charge in [0.15, 0.2) is 0 Å². The number of nitrogens with zero attached hydrogens (tertiary/aromatic N) is 2. The summed E-state index contributed by atoms with van der Waals surface area (Å²) in [7, 11) is 0. The second kappa shape index (κ2) is 7.97. The van der Waals surface area contributed by atoms with E-state index in [4.69, 9.17) is 11.6 Å². The summed E-state index contributed by atoms with van der Waals surface area (Å²) < 4.78 is 0. The summed E-state index contributed by atoms with van der Waals surface area (Å²) in [4.78, 5) is 20.7. The second-order valence-corrected chi connectivity index (χ2v) is 6.52. The molecule has 0 bridgehead atoms. The highest BCUT2D eigenvalue weighted by Gasteiger charge is 2.10. The van der Waals surface area contributed by atoms with Gasteiger partial charge in [0.1, 0.15) is 17.0 Å². The van der Waals surface area contributed by atoms with Crippen molar-refractivity contribution in [1.82, 2.24) is 9.97 Å². The number of carbonyl (C=O) groups excluding carboxylic acids is 1. The summed E-state index contributed by atoms with van der Waals surface area (Å²) in [5, 5.41) is 5.44. The van der Waals surface area contributed by atoms with Crippen molar-refractivity contribution < 1.29 is 4.79 Å². The summed E-state index contributed by atoms with van der Waals surface area (Å²) in [6.07, 6.45) is 0. The largest absolute Gasteiger partial charge is 0.340 e. The van der Waals surface area contributed by atoms with Crippen LogP contribution >= 0.6 is 11.6 Å². The van der Waals surface area contributed by atoms with Crippen molar-refractivity contribution in [1.29, 1.82) is 0 Å². The third-order valence-electron chi connectivity index (χ3n) is 3.67. The number of anilines is 3. The molecule has 0 fully saturated rings. The molecular formula is C20H19ClN4O. The molecule has 0 spiro atoms. The molecule has 0 saturated carbocycles. The third kappa shape index (κ3) is 4.58. The van der Waals surface area contributed by atoms with Crippen molar-refractivity contribution >= 4 is 34.7 Å². The Labute approximate surface area is 157 Å². The summed E-state index contributed by atoms with van der Waals surface area (Å²) in [6.45, 7) is 3.49. The van der Waals surface area contributed by atoms with Crippen molar-refractivity contribution in [2.45, 2.75) is 19.2 Å². The fourth-order valence-electron chi connectivity index (χ4n) is 2.45. The van der Waals surface area contributed by atoms with Gasteiger partial charge >= 0.3 is 0 Å². The normalized spacial score (nSPS) is 11.7. The van der Waals surface area contributed by atoms with Gasteiger partial charge in [-0.1, -0.05) is 36.4 Å². The Hall–Kier alpha value is -2.92. The van der Waals surface area contributed by atoms with E-state index in [1.807, 2.05) is 67.6 Å². The smallest absolute Gasteiger partial charge is 0.242 e. The average Bonchev–Trinajstić information content (AvgIpc) is 2.62. The van der Waals surface area contributed by atoms with Crippen molar-refractivity contribution in [3.8, 4) is 11.3 Å². The standard InChI is InChI=1S/C20H19ClN4O/c1-13(21)20(26)25-17-10-6-9-16(11-17)24-19-12-18(22-14(2)23-19)15-7-4-3-5-8-15/h3-13H,1-2H3,(H,25,26)(H,22,23,24). The Kier molecular flexibility index (Phi) is 5.49. The molecule has 132 valence electrons. The van der Waals surface area contributed by atoms with Crippen LogP contribution in [-0.4, -0.2) is 21.3 Å². The number of aryl methyl sites for hydroxylation is 1. The van der Waals surface area contributed by atoms with Gasteiger partial charge in [-0.2, -0.15) is 0 Å². The maximum absolute atomic E-state index is 11.7. The van der Waals surface area contributed by atoms with Gasteiger partial charge in [-0.3, -0.25) is 4.79 Å². The SMILES string of the molecule is Cc1nc(Nc2cccc(NC(=O)C(C)Cl)c2)cc(-c2ccccc2)n1. The van der Waals surface area contributed by atoms with Gasteiger partial charge in [0, 0.05) is 23.0 Å². The number of carbonyl (C=O) groups is 1. The van der Waals surface area contributed by atoms with Crippen LogP contribution in [0.5, 0.6) is 0 Å². The van der Waals surface area contributed by atoms with Gasteiger partial charge in [-0.15, -0.1) is 11.6 Å². The minimum Gasteiger partial charge on any atom is -0.340 e. The Morgan fingerprint density at radius 3 is 2.46 bits per heavy atom. The zero-order valence-corrected chi connectivity index (χ0v) is 15.3. The van der Waals surface area contributed by atoms with E-state index >= 15 is 0 Å². The highest BCUT2D eigenvalue weighted by molar-refractivity contribution is 6.32. The maximum atomic E-state index is 11.7. The number of halogens is 1. The molecule has 2 aromatic carbocycles. The number of amides is 1. The molecule has 0 aliphatic carbocycles. The van der Waals surface area contributed by atoms with Crippen molar-refractivity contribution in [2.75, 3.05) is 10.6 Å². The van der Waals surface area contributed by atoms with Gasteiger partial charge in [0.05, 0.1) is 5.69 Å². The highest BCUT2D eigenvalue weighted by atomic mass is 35.5. The van der Waals surface area contributed by atoms with E-state index in [2.05, 4.69) is 20.6 Å². The van der Waals surface area contributed by atoms with E-state index in [1.165, 1.54) is 0 Å². The van der Waals surface area contributed by atoms with Gasteiger partial charge in [-0.25, -0.2) is 9.97 Å². The van der Waals surface area contributed by atoms with Gasteiger partial charge < -0.3 is 10.6 Å². The molecule has 3 aromatic rings. The highest BCUT2D eigenvalue weighted by Crippen LogP contribution is 2.23. The third-order valence-corrected chi connectivity index (χ3v) is 3.87. The van der Waals surface area contributed by atoms with E-state index < -0.39 is 5.38 Å². The second-order valence-electron chi connectivity index (χ2n) is 5.86. The first-order chi connectivity index (χ1) is 12.5. The molecule has 1 amide bonds. The molecule has 0 aliphatic rings. The van der Waals surface area contributed by atoms with E-state index in [0.717, 1.165) is 16.9 Å². The van der Waals surface area contributed by atoms with Crippen LogP contribution in [-0.2, 0) is 4.79 Å². The minimum absolute atomic E-state index is 0.243. The Morgan fingerprint density at radius 2 is 1.73 bits per heavy atom. The molecule has 0 saturated heterocycles. The Balaban J connectivity index is 1.83. The van der Waals surface area contributed by atoms with E-state index in [-0.39, 0.29) is 5.91 Å². The van der Waals surface area contributed by atoms with Crippen LogP contribution < -0.4 is 10.6 Å². The molecule has 0 aliphatic heterocycles. The Morgan fingerprint density at radius 1 is 1.00 bits per heavy atom. The molecule has 1 atom stereocenters. The zero-order valence-electron chi connectivity index (χ0n) is 14.5. The molecule has 0 radical (unpaired) electrons. The van der Waals surface area contributed by atoms with E-state index in [0.29, 0.717) is 17.3 Å². The molecular weight excluding hydrogens is 348 g/mol. The predicted octanol–water partition coefficient (Wildman–Crippen LogP) is 4.76. The first-order valence-electron chi connectivity index (χ1n) is 8.24. The molecule has 6 heteroatoms. The van der Waals surface area contributed by atoms with Crippen LogP contribution in [0.2, 0.25) is 0 Å². The number of rotatable bonds is 5. The lowest BCUT2D eigenvalue weighted by atomic mass is 10.1. The Bertz CT molecular complexity index is 913. The molecule has 1 heterocycles. The van der Waals surface area contributed by atoms with Crippen LogP contribution in [0.1, 0.15) is 12.7 Å². The van der Waals surface area contributed by atoms with Crippen molar-refractivity contribution in [3.63, 3.8) is 0 Å². The van der Waals surface area contributed by atoms with Crippen LogP contribution in [0.15, 0.2) is 60.7 Å². The summed E-state index contributed by atoms with van der Waals surface area (Å²) in [6, 6.07) is 19.2. The molecule has 3 rings (SSSR count). The molecule has 26 heavy (non-hydrogen) atoms. The van der Waals surface area contributed by atoms with Crippen molar-refractivity contribution in [3.05, 3.63) is 66.5 Å². The van der Waals surface area contributed by atoms with Crippen molar-refractivity contribution in [2.24, 2.45) is 0 Å². The number of aromatic nitrogens is 2. The molecule has 1 unspecified atom stereocenters. The fourth-order valence-corrected chi connectivity index (χ4v) is 2.51. The summed E-state index contributed by atoms with van der Waals surface area (Å²) in [5.41, 5.74) is 3.35. The van der Waals surface area contributed by atoms with Crippen LogP contribution in [0, 0.1) is 6.92 Å². The monoisotopic (exact) mass is 366 g/mol. The zero-order chi connectivity index (χ0) is 18.5. The molecule has 2 N–H and O–H groups in total. The van der Waals surface area contributed by atoms with Gasteiger partial charge in [0.25, 0.3) is 0 Å². The van der Waals surface area contributed by atoms with Crippen LogP contribution in [0.4, 0.5) is 17.2 Å². The number of nitrogens with one attached hydrogen (secondary N) is 2. The molecule has 5 nitrogen and oxygen atoms in total. The maximum Gasteiger partial charge on any atom is 0.242 e. The fraction of sp³-hybridized carbons (Fsp3) is 0.150. The number of hydrogen-bond acceptors (Lipinski definition) is 4. The van der Waals surface area contributed by atoms with E-state index in [1.54, 1.807) is 6.92 Å². The minimum atomic E-state index is -0.593. The lowest BCUT2D eigenvalue weighted by Gasteiger charge is -2.11. The topological polar surface area (TPSA) is 66.9 Å². The lowest BCUT2D eigenvalue weighted by Crippen LogP contribution is -2.20. The predicted molar refractivity (Wildman–Crippen MR) is 106 cm³/mol. The summed E-state index contributed by atoms with van der Waals surface area (Å²) in [5.74, 6) is 1.12. The average molecular weight is 367 g/mol. The van der Waals surface area contributed by atoms with Crippen LogP contribution in [0.3, 0.4) is 0 Å². The number of hydrogen-bond donors (Lipinski definition) is 2. The molecule has 1 aromatic heterocycles. The van der Waals surface area contributed by atoms with E-state index in [9.17, 15) is 4.79 Å². The lowest BCUT2D eigenvalue weighted by molar-refractivity contribution is -0.115. The van der Waals surface area contributed by atoms with Crippen LogP contribution in [0.25, 0.3) is 11.3 Å². The number of alkyl halides is 1.